The normalized spacial score (nSPS) is 15.5. The van der Waals surface area contributed by atoms with Crippen molar-refractivity contribution < 1.29 is 0 Å². The third-order valence-electron chi connectivity index (χ3n) is 2.75. The Balaban J connectivity index is 2.22. The molecule has 0 saturated heterocycles. The van der Waals surface area contributed by atoms with Gasteiger partial charge in [0, 0.05) is 25.1 Å². The van der Waals surface area contributed by atoms with E-state index in [1.807, 2.05) is 0 Å². The first-order chi connectivity index (χ1) is 7.16. The van der Waals surface area contributed by atoms with Crippen molar-refractivity contribution in [2.45, 2.75) is 19.8 Å². The standard InChI is InChI=1S/C13H18N2/c1-11(2)12-5-4-6-13(9-12)15-8-7-14(3)10-15/h4-9,11H,10H2,1-3H3. The Kier molecular flexibility index (Phi) is 2.67. The van der Waals surface area contributed by atoms with Crippen molar-refractivity contribution in [2.24, 2.45) is 0 Å². The van der Waals surface area contributed by atoms with Gasteiger partial charge in [0.05, 0.1) is 6.67 Å². The van der Waals surface area contributed by atoms with Crippen molar-refractivity contribution in [2.75, 3.05) is 18.6 Å². The molecule has 15 heavy (non-hydrogen) atoms. The lowest BCUT2D eigenvalue weighted by Gasteiger charge is -2.19. The van der Waals surface area contributed by atoms with E-state index in [0.717, 1.165) is 6.67 Å². The molecule has 1 aliphatic heterocycles. The summed E-state index contributed by atoms with van der Waals surface area (Å²) >= 11 is 0. The maximum absolute atomic E-state index is 2.27. The Morgan fingerprint density at radius 3 is 2.60 bits per heavy atom. The third-order valence-corrected chi connectivity index (χ3v) is 2.75. The van der Waals surface area contributed by atoms with E-state index in [2.05, 4.69) is 67.4 Å². The van der Waals surface area contributed by atoms with Crippen molar-refractivity contribution in [3.8, 4) is 0 Å². The summed E-state index contributed by atoms with van der Waals surface area (Å²) in [4.78, 5) is 4.42. The van der Waals surface area contributed by atoms with Gasteiger partial charge in [-0.1, -0.05) is 26.0 Å². The van der Waals surface area contributed by atoms with Crippen LogP contribution in [0.4, 0.5) is 5.69 Å². The van der Waals surface area contributed by atoms with Gasteiger partial charge in [-0.3, -0.25) is 0 Å². The van der Waals surface area contributed by atoms with Crippen LogP contribution in [0.3, 0.4) is 0 Å². The summed E-state index contributed by atoms with van der Waals surface area (Å²) in [5.41, 5.74) is 2.68. The minimum absolute atomic E-state index is 0.592. The Hall–Kier alpha value is -1.44. The first kappa shape index (κ1) is 10.1. The topological polar surface area (TPSA) is 6.48 Å². The van der Waals surface area contributed by atoms with E-state index in [0.29, 0.717) is 5.92 Å². The van der Waals surface area contributed by atoms with Gasteiger partial charge >= 0.3 is 0 Å². The Labute approximate surface area is 91.8 Å². The summed E-state index contributed by atoms with van der Waals surface area (Å²) in [5.74, 6) is 0.592. The van der Waals surface area contributed by atoms with Crippen LogP contribution in [0.25, 0.3) is 0 Å². The number of benzene rings is 1. The van der Waals surface area contributed by atoms with Crippen LogP contribution in [-0.2, 0) is 0 Å². The largest absolute Gasteiger partial charge is 0.361 e. The molecule has 0 aromatic heterocycles. The average molecular weight is 202 g/mol. The molecule has 2 heteroatoms. The Morgan fingerprint density at radius 1 is 1.20 bits per heavy atom. The van der Waals surface area contributed by atoms with Crippen molar-refractivity contribution >= 4 is 5.69 Å². The maximum atomic E-state index is 2.27. The van der Waals surface area contributed by atoms with E-state index in [9.17, 15) is 0 Å². The van der Waals surface area contributed by atoms with Crippen LogP contribution < -0.4 is 4.90 Å². The summed E-state index contributed by atoms with van der Waals surface area (Å²) in [6.07, 6.45) is 4.22. The van der Waals surface area contributed by atoms with Crippen molar-refractivity contribution in [3.63, 3.8) is 0 Å². The van der Waals surface area contributed by atoms with E-state index in [-0.39, 0.29) is 0 Å². The first-order valence-electron chi connectivity index (χ1n) is 5.42. The van der Waals surface area contributed by atoms with Crippen LogP contribution in [0.1, 0.15) is 25.3 Å². The molecule has 2 nitrogen and oxygen atoms in total. The van der Waals surface area contributed by atoms with E-state index < -0.39 is 0 Å². The molecule has 1 aromatic rings. The molecule has 2 rings (SSSR count). The smallest absolute Gasteiger partial charge is 0.0938 e. The third kappa shape index (κ3) is 2.14. The number of nitrogens with zero attached hydrogens (tertiary/aromatic N) is 2. The molecule has 0 bridgehead atoms. The zero-order valence-electron chi connectivity index (χ0n) is 9.64. The Morgan fingerprint density at radius 2 is 2.00 bits per heavy atom. The van der Waals surface area contributed by atoms with Gasteiger partial charge in [-0.05, 0) is 23.6 Å². The fraction of sp³-hybridized carbons (Fsp3) is 0.385. The SMILES string of the molecule is CC(C)c1cccc(N2C=CN(C)C2)c1. The van der Waals surface area contributed by atoms with E-state index in [1.165, 1.54) is 11.3 Å². The Bertz CT molecular complexity index is 369. The molecule has 0 amide bonds. The second kappa shape index (κ2) is 3.97. The van der Waals surface area contributed by atoms with Gasteiger partial charge in [0.1, 0.15) is 0 Å². The van der Waals surface area contributed by atoms with Crippen molar-refractivity contribution in [1.29, 1.82) is 0 Å². The first-order valence-corrected chi connectivity index (χ1v) is 5.42. The summed E-state index contributed by atoms with van der Waals surface area (Å²) in [5, 5.41) is 0. The number of rotatable bonds is 2. The fourth-order valence-electron chi connectivity index (χ4n) is 1.76. The second-order valence-electron chi connectivity index (χ2n) is 4.42. The van der Waals surface area contributed by atoms with E-state index in [4.69, 9.17) is 0 Å². The highest BCUT2D eigenvalue weighted by Gasteiger charge is 2.11. The summed E-state index contributed by atoms with van der Waals surface area (Å²) in [6.45, 7) is 5.40. The van der Waals surface area contributed by atoms with Gasteiger partial charge in [-0.25, -0.2) is 0 Å². The molecule has 80 valence electrons. The highest BCUT2D eigenvalue weighted by atomic mass is 15.3. The van der Waals surface area contributed by atoms with Gasteiger partial charge < -0.3 is 9.80 Å². The second-order valence-corrected chi connectivity index (χ2v) is 4.42. The molecule has 1 aliphatic rings. The molecule has 0 unspecified atom stereocenters. The van der Waals surface area contributed by atoms with Crippen molar-refractivity contribution in [1.82, 2.24) is 4.90 Å². The van der Waals surface area contributed by atoms with Crippen LogP contribution in [0, 0.1) is 0 Å². The predicted octanol–water partition coefficient (Wildman–Crippen LogP) is 2.99. The highest BCUT2D eigenvalue weighted by molar-refractivity contribution is 5.52. The molecule has 0 N–H and O–H groups in total. The maximum Gasteiger partial charge on any atom is 0.0938 e. The quantitative estimate of drug-likeness (QED) is 0.727. The molecule has 0 aliphatic carbocycles. The van der Waals surface area contributed by atoms with Crippen LogP contribution >= 0.6 is 0 Å². The number of anilines is 1. The molecule has 0 fully saturated rings. The lowest BCUT2D eigenvalue weighted by Crippen LogP contribution is -2.21. The molecular weight excluding hydrogens is 184 g/mol. The summed E-state index contributed by atoms with van der Waals surface area (Å²) < 4.78 is 0. The molecule has 1 heterocycles. The molecule has 0 atom stereocenters. The fourth-order valence-corrected chi connectivity index (χ4v) is 1.76. The van der Waals surface area contributed by atoms with Gasteiger partial charge in [-0.15, -0.1) is 0 Å². The molecule has 0 saturated carbocycles. The lowest BCUT2D eigenvalue weighted by molar-refractivity contribution is 0.495. The van der Waals surface area contributed by atoms with Crippen LogP contribution in [-0.4, -0.2) is 18.6 Å². The lowest BCUT2D eigenvalue weighted by atomic mass is 10.0. The predicted molar refractivity (Wildman–Crippen MR) is 64.8 cm³/mol. The number of hydrogen-bond acceptors (Lipinski definition) is 2. The van der Waals surface area contributed by atoms with Crippen LogP contribution in [0.2, 0.25) is 0 Å². The summed E-state index contributed by atoms with van der Waals surface area (Å²) in [6, 6.07) is 8.76. The molecule has 0 radical (unpaired) electrons. The minimum Gasteiger partial charge on any atom is -0.361 e. The average Bonchev–Trinajstić information content (AvgIpc) is 2.65. The zero-order chi connectivity index (χ0) is 10.8. The monoisotopic (exact) mass is 202 g/mol. The summed E-state index contributed by atoms with van der Waals surface area (Å²) in [7, 11) is 2.09. The van der Waals surface area contributed by atoms with E-state index in [1.54, 1.807) is 0 Å². The van der Waals surface area contributed by atoms with E-state index >= 15 is 0 Å². The van der Waals surface area contributed by atoms with Gasteiger partial charge in [-0.2, -0.15) is 0 Å². The van der Waals surface area contributed by atoms with Crippen LogP contribution in [0.5, 0.6) is 0 Å². The minimum atomic E-state index is 0.592. The van der Waals surface area contributed by atoms with Crippen molar-refractivity contribution in [3.05, 3.63) is 42.2 Å². The zero-order valence-corrected chi connectivity index (χ0v) is 9.64. The molecule has 0 spiro atoms. The molecule has 1 aromatic carbocycles. The number of hydrogen-bond donors (Lipinski definition) is 0. The molecular formula is C13H18N2. The van der Waals surface area contributed by atoms with Crippen LogP contribution in [0.15, 0.2) is 36.7 Å². The highest BCUT2D eigenvalue weighted by Crippen LogP contribution is 2.23. The van der Waals surface area contributed by atoms with Gasteiger partial charge in [0.25, 0.3) is 0 Å². The van der Waals surface area contributed by atoms with Gasteiger partial charge in [0.2, 0.25) is 0 Å². The van der Waals surface area contributed by atoms with Gasteiger partial charge in [0.15, 0.2) is 0 Å².